The van der Waals surface area contributed by atoms with Crippen molar-refractivity contribution in [3.8, 4) is 0 Å². The van der Waals surface area contributed by atoms with E-state index in [9.17, 15) is 0 Å². The average molecular weight is 193 g/mol. The zero-order valence-electron chi connectivity index (χ0n) is 8.99. The minimum atomic E-state index is 0.389. The van der Waals surface area contributed by atoms with Crippen molar-refractivity contribution < 1.29 is 4.84 Å². The fraction of sp³-hybridized carbons (Fsp3) is 0.500. The Morgan fingerprint density at radius 1 is 1.21 bits per heavy atom. The fourth-order valence-electron chi connectivity index (χ4n) is 1.50. The Kier molecular flexibility index (Phi) is 5.27. The van der Waals surface area contributed by atoms with E-state index in [-0.39, 0.29) is 0 Å². The van der Waals surface area contributed by atoms with E-state index >= 15 is 0 Å². The summed E-state index contributed by atoms with van der Waals surface area (Å²) in [6, 6.07) is 10.8. The SMILES string of the molecule is CC.c1ccc(C2CCCON2)cc1. The molecule has 2 heteroatoms. The summed E-state index contributed by atoms with van der Waals surface area (Å²) in [5, 5.41) is 0. The number of rotatable bonds is 1. The van der Waals surface area contributed by atoms with Gasteiger partial charge in [-0.3, -0.25) is 0 Å². The predicted molar refractivity (Wildman–Crippen MR) is 58.9 cm³/mol. The van der Waals surface area contributed by atoms with Gasteiger partial charge in [-0.2, -0.15) is 5.48 Å². The molecule has 2 nitrogen and oxygen atoms in total. The van der Waals surface area contributed by atoms with Crippen molar-refractivity contribution in [2.24, 2.45) is 0 Å². The van der Waals surface area contributed by atoms with Crippen LogP contribution in [0, 0.1) is 0 Å². The second-order valence-electron chi connectivity index (χ2n) is 3.07. The van der Waals surface area contributed by atoms with Crippen LogP contribution in [-0.4, -0.2) is 6.61 Å². The molecule has 0 aromatic heterocycles. The molecule has 78 valence electrons. The van der Waals surface area contributed by atoms with Gasteiger partial charge < -0.3 is 4.84 Å². The van der Waals surface area contributed by atoms with Gasteiger partial charge in [0.1, 0.15) is 0 Å². The van der Waals surface area contributed by atoms with Crippen LogP contribution in [-0.2, 0) is 4.84 Å². The number of benzene rings is 1. The van der Waals surface area contributed by atoms with E-state index in [0.29, 0.717) is 6.04 Å². The molecular formula is C12H19NO. The van der Waals surface area contributed by atoms with Gasteiger partial charge in [0.25, 0.3) is 0 Å². The molecule has 1 aliphatic heterocycles. The number of hydroxylamine groups is 1. The van der Waals surface area contributed by atoms with Gasteiger partial charge in [0.05, 0.1) is 12.6 Å². The van der Waals surface area contributed by atoms with Gasteiger partial charge in [-0.25, -0.2) is 0 Å². The molecule has 1 aromatic rings. The van der Waals surface area contributed by atoms with E-state index in [0.717, 1.165) is 13.0 Å². The minimum absolute atomic E-state index is 0.389. The highest BCUT2D eigenvalue weighted by Gasteiger charge is 2.14. The summed E-state index contributed by atoms with van der Waals surface area (Å²) in [5.74, 6) is 0. The molecular weight excluding hydrogens is 174 g/mol. The lowest BCUT2D eigenvalue weighted by Crippen LogP contribution is -2.27. The Labute approximate surface area is 86.2 Å². The van der Waals surface area contributed by atoms with E-state index in [1.54, 1.807) is 0 Å². The van der Waals surface area contributed by atoms with Crippen molar-refractivity contribution in [2.75, 3.05) is 6.61 Å². The molecule has 0 bridgehead atoms. The van der Waals surface area contributed by atoms with Crippen LogP contribution in [0.1, 0.15) is 38.3 Å². The topological polar surface area (TPSA) is 21.3 Å². The summed E-state index contributed by atoms with van der Waals surface area (Å²) in [6.07, 6.45) is 2.32. The molecule has 0 spiro atoms. The lowest BCUT2D eigenvalue weighted by atomic mass is 10.0. The van der Waals surface area contributed by atoms with Crippen LogP contribution in [0.5, 0.6) is 0 Å². The predicted octanol–water partition coefficient (Wildman–Crippen LogP) is 3.07. The monoisotopic (exact) mass is 193 g/mol. The summed E-state index contributed by atoms with van der Waals surface area (Å²) >= 11 is 0. The molecule has 1 atom stereocenters. The third kappa shape index (κ3) is 3.13. The molecule has 1 aliphatic rings. The van der Waals surface area contributed by atoms with Crippen molar-refractivity contribution >= 4 is 0 Å². The van der Waals surface area contributed by atoms with Gasteiger partial charge in [-0.15, -0.1) is 0 Å². The Bertz CT molecular complexity index is 229. The van der Waals surface area contributed by atoms with E-state index in [1.165, 1.54) is 12.0 Å². The van der Waals surface area contributed by atoms with E-state index in [4.69, 9.17) is 4.84 Å². The first-order valence-electron chi connectivity index (χ1n) is 5.39. The summed E-state index contributed by atoms with van der Waals surface area (Å²) in [5.41, 5.74) is 4.35. The first-order valence-corrected chi connectivity index (χ1v) is 5.39. The normalized spacial score (nSPS) is 20.9. The third-order valence-corrected chi connectivity index (χ3v) is 2.17. The molecule has 0 aliphatic carbocycles. The van der Waals surface area contributed by atoms with Crippen molar-refractivity contribution in [1.82, 2.24) is 5.48 Å². The van der Waals surface area contributed by atoms with Crippen LogP contribution in [0.3, 0.4) is 0 Å². The molecule has 1 unspecified atom stereocenters. The Balaban J connectivity index is 0.000000461. The Hall–Kier alpha value is -0.860. The van der Waals surface area contributed by atoms with Crippen LogP contribution >= 0.6 is 0 Å². The van der Waals surface area contributed by atoms with E-state index in [2.05, 4.69) is 29.7 Å². The summed E-state index contributed by atoms with van der Waals surface area (Å²) in [6.45, 7) is 4.84. The Morgan fingerprint density at radius 2 is 1.93 bits per heavy atom. The second-order valence-corrected chi connectivity index (χ2v) is 3.07. The molecule has 2 rings (SSSR count). The maximum absolute atomic E-state index is 5.19. The largest absolute Gasteiger partial charge is 0.301 e. The number of hydrogen-bond acceptors (Lipinski definition) is 2. The first kappa shape index (κ1) is 11.2. The molecule has 0 amide bonds. The second kappa shape index (κ2) is 6.57. The summed E-state index contributed by atoms with van der Waals surface area (Å²) < 4.78 is 0. The fourth-order valence-corrected chi connectivity index (χ4v) is 1.50. The molecule has 14 heavy (non-hydrogen) atoms. The highest BCUT2D eigenvalue weighted by atomic mass is 16.6. The van der Waals surface area contributed by atoms with Gasteiger partial charge in [-0.05, 0) is 18.4 Å². The lowest BCUT2D eigenvalue weighted by molar-refractivity contribution is -0.0195. The first-order chi connectivity index (χ1) is 6.97. The molecule has 0 saturated carbocycles. The van der Waals surface area contributed by atoms with Crippen LogP contribution in [0.15, 0.2) is 30.3 Å². The molecule has 0 radical (unpaired) electrons. The third-order valence-electron chi connectivity index (χ3n) is 2.17. The lowest BCUT2D eigenvalue weighted by Gasteiger charge is -2.23. The summed E-state index contributed by atoms with van der Waals surface area (Å²) in [7, 11) is 0. The minimum Gasteiger partial charge on any atom is -0.301 e. The maximum Gasteiger partial charge on any atom is 0.0683 e. The van der Waals surface area contributed by atoms with Crippen LogP contribution in [0.25, 0.3) is 0 Å². The quantitative estimate of drug-likeness (QED) is 0.740. The van der Waals surface area contributed by atoms with Crippen LogP contribution in [0.2, 0.25) is 0 Å². The van der Waals surface area contributed by atoms with Crippen molar-refractivity contribution in [1.29, 1.82) is 0 Å². The van der Waals surface area contributed by atoms with Gasteiger partial charge in [-0.1, -0.05) is 44.2 Å². The van der Waals surface area contributed by atoms with E-state index in [1.807, 2.05) is 19.9 Å². The smallest absolute Gasteiger partial charge is 0.0683 e. The van der Waals surface area contributed by atoms with Crippen LogP contribution < -0.4 is 5.48 Å². The maximum atomic E-state index is 5.19. The molecule has 1 fully saturated rings. The van der Waals surface area contributed by atoms with Crippen molar-refractivity contribution in [3.63, 3.8) is 0 Å². The zero-order valence-corrected chi connectivity index (χ0v) is 8.99. The van der Waals surface area contributed by atoms with Crippen LogP contribution in [0.4, 0.5) is 0 Å². The highest BCUT2D eigenvalue weighted by Crippen LogP contribution is 2.20. The van der Waals surface area contributed by atoms with E-state index < -0.39 is 0 Å². The van der Waals surface area contributed by atoms with Gasteiger partial charge >= 0.3 is 0 Å². The average Bonchev–Trinajstić information content (AvgIpc) is 2.34. The zero-order chi connectivity index (χ0) is 10.2. The highest BCUT2D eigenvalue weighted by molar-refractivity contribution is 5.18. The van der Waals surface area contributed by atoms with Crippen molar-refractivity contribution in [2.45, 2.75) is 32.7 Å². The van der Waals surface area contributed by atoms with Gasteiger partial charge in [0.15, 0.2) is 0 Å². The Morgan fingerprint density at radius 3 is 2.50 bits per heavy atom. The summed E-state index contributed by atoms with van der Waals surface area (Å²) in [4.78, 5) is 5.19. The molecule has 1 aromatic carbocycles. The molecule has 1 N–H and O–H groups in total. The molecule has 1 saturated heterocycles. The number of hydrogen-bond donors (Lipinski definition) is 1. The van der Waals surface area contributed by atoms with Gasteiger partial charge in [0.2, 0.25) is 0 Å². The van der Waals surface area contributed by atoms with Gasteiger partial charge in [0, 0.05) is 0 Å². The van der Waals surface area contributed by atoms with Crippen molar-refractivity contribution in [3.05, 3.63) is 35.9 Å². The standard InChI is InChI=1S/C10H13NO.C2H6/c1-2-5-9(6-3-1)10-7-4-8-12-11-10;1-2/h1-3,5-6,10-11H,4,7-8H2;1-2H3. The number of nitrogens with one attached hydrogen (secondary N) is 1. The molecule has 1 heterocycles.